The number of amides is 2. The minimum Gasteiger partial charge on any atom is -0.386 e. The quantitative estimate of drug-likeness (QED) is 0.540. The lowest BCUT2D eigenvalue weighted by Crippen LogP contribution is -2.60. The summed E-state index contributed by atoms with van der Waals surface area (Å²) in [5.74, 6) is 0.834. The van der Waals surface area contributed by atoms with Crippen molar-refractivity contribution in [3.63, 3.8) is 0 Å². The van der Waals surface area contributed by atoms with Crippen LogP contribution in [0.1, 0.15) is 64.7 Å². The van der Waals surface area contributed by atoms with Gasteiger partial charge in [-0.15, -0.1) is 0 Å². The van der Waals surface area contributed by atoms with Gasteiger partial charge in [0.15, 0.2) is 0 Å². The molecule has 2 amide bonds. The molecule has 0 aromatic rings. The van der Waals surface area contributed by atoms with Gasteiger partial charge in [0.2, 0.25) is 0 Å². The van der Waals surface area contributed by atoms with Crippen molar-refractivity contribution in [3.8, 4) is 0 Å². The Morgan fingerprint density at radius 1 is 1.14 bits per heavy atom. The minimum absolute atomic E-state index is 0.0299. The molecular formula is C16H30N4O. The van der Waals surface area contributed by atoms with Gasteiger partial charge in [-0.2, -0.15) is 0 Å². The highest BCUT2D eigenvalue weighted by molar-refractivity contribution is 5.91. The van der Waals surface area contributed by atoms with Crippen LogP contribution in [0.5, 0.6) is 0 Å². The van der Waals surface area contributed by atoms with Crippen LogP contribution in [0.15, 0.2) is 0 Å². The zero-order valence-electron chi connectivity index (χ0n) is 13.3. The van der Waals surface area contributed by atoms with Crippen molar-refractivity contribution < 1.29 is 4.79 Å². The summed E-state index contributed by atoms with van der Waals surface area (Å²) in [6.07, 6.45) is 9.43. The molecule has 5 nitrogen and oxygen atoms in total. The number of rotatable bonds is 2. The Bertz CT molecular complexity index is 366. The number of hydrogen-bond acceptors (Lipinski definition) is 2. The molecule has 1 aliphatic carbocycles. The van der Waals surface area contributed by atoms with E-state index in [4.69, 9.17) is 11.1 Å². The molecule has 1 saturated heterocycles. The van der Waals surface area contributed by atoms with E-state index in [0.717, 1.165) is 51.6 Å². The minimum atomic E-state index is -0.611. The largest absolute Gasteiger partial charge is 0.386 e. The summed E-state index contributed by atoms with van der Waals surface area (Å²) >= 11 is 0. The van der Waals surface area contributed by atoms with Crippen LogP contribution in [0.4, 0.5) is 4.79 Å². The van der Waals surface area contributed by atoms with Gasteiger partial charge in [-0.05, 0) is 31.6 Å². The summed E-state index contributed by atoms with van der Waals surface area (Å²) in [6.45, 7) is 3.88. The second kappa shape index (κ2) is 7.14. The topological polar surface area (TPSA) is 82.2 Å². The predicted molar refractivity (Wildman–Crippen MR) is 85.5 cm³/mol. The number of nitrogens with one attached hydrogen (secondary N) is 2. The average Bonchev–Trinajstić information content (AvgIpc) is 2.42. The van der Waals surface area contributed by atoms with Crippen molar-refractivity contribution in [2.75, 3.05) is 13.1 Å². The molecule has 2 fully saturated rings. The SMILES string of the molecule is CC1CCN(C(=O)NC2(C(=N)N)CCCCCCC2)CC1. The average molecular weight is 294 g/mol. The van der Waals surface area contributed by atoms with Crippen LogP contribution < -0.4 is 11.1 Å². The van der Waals surface area contributed by atoms with E-state index in [9.17, 15) is 4.79 Å². The molecule has 1 heterocycles. The molecule has 0 aromatic carbocycles. The van der Waals surface area contributed by atoms with Crippen molar-refractivity contribution in [2.24, 2.45) is 11.7 Å². The van der Waals surface area contributed by atoms with Crippen LogP contribution in [0, 0.1) is 11.3 Å². The van der Waals surface area contributed by atoms with Gasteiger partial charge in [-0.25, -0.2) is 4.79 Å². The Balaban J connectivity index is 2.00. The van der Waals surface area contributed by atoms with E-state index in [1.807, 2.05) is 4.90 Å². The Kier molecular flexibility index (Phi) is 5.48. The lowest BCUT2D eigenvalue weighted by molar-refractivity contribution is 0.163. The monoisotopic (exact) mass is 294 g/mol. The van der Waals surface area contributed by atoms with E-state index in [1.54, 1.807) is 0 Å². The van der Waals surface area contributed by atoms with Gasteiger partial charge in [-0.3, -0.25) is 5.41 Å². The predicted octanol–water partition coefficient (Wildman–Crippen LogP) is 2.85. The molecule has 4 N–H and O–H groups in total. The van der Waals surface area contributed by atoms with Gasteiger partial charge >= 0.3 is 6.03 Å². The van der Waals surface area contributed by atoms with E-state index in [1.165, 1.54) is 19.3 Å². The summed E-state index contributed by atoms with van der Waals surface area (Å²) in [6, 6.07) is -0.0299. The zero-order valence-corrected chi connectivity index (χ0v) is 13.3. The first-order valence-electron chi connectivity index (χ1n) is 8.45. The van der Waals surface area contributed by atoms with Gasteiger partial charge < -0.3 is 16.0 Å². The fourth-order valence-electron chi connectivity index (χ4n) is 3.47. The highest BCUT2D eigenvalue weighted by atomic mass is 16.2. The van der Waals surface area contributed by atoms with Crippen LogP contribution in [-0.2, 0) is 0 Å². The van der Waals surface area contributed by atoms with E-state index >= 15 is 0 Å². The number of urea groups is 1. The number of carbonyl (C=O) groups excluding carboxylic acids is 1. The third-order valence-electron chi connectivity index (χ3n) is 5.14. The fourth-order valence-corrected chi connectivity index (χ4v) is 3.47. The number of hydrogen-bond donors (Lipinski definition) is 3. The highest BCUT2D eigenvalue weighted by Crippen LogP contribution is 2.27. The van der Waals surface area contributed by atoms with Crippen molar-refractivity contribution in [2.45, 2.75) is 70.3 Å². The molecule has 0 bridgehead atoms. The van der Waals surface area contributed by atoms with E-state index in [-0.39, 0.29) is 11.9 Å². The number of carbonyl (C=O) groups is 1. The third kappa shape index (κ3) is 4.11. The number of amidine groups is 1. The van der Waals surface area contributed by atoms with Crippen LogP contribution in [-0.4, -0.2) is 35.4 Å². The Morgan fingerprint density at radius 2 is 1.67 bits per heavy atom. The van der Waals surface area contributed by atoms with Gasteiger partial charge in [-0.1, -0.05) is 39.0 Å². The summed E-state index contributed by atoms with van der Waals surface area (Å²) in [5, 5.41) is 11.1. The highest BCUT2D eigenvalue weighted by Gasteiger charge is 2.36. The number of nitrogens with zero attached hydrogens (tertiary/aromatic N) is 1. The number of nitrogens with two attached hydrogens (primary N) is 1. The molecule has 0 atom stereocenters. The van der Waals surface area contributed by atoms with Crippen molar-refractivity contribution in [1.82, 2.24) is 10.2 Å². The normalized spacial score (nSPS) is 24.0. The zero-order chi connectivity index (χ0) is 15.3. The molecule has 5 heteroatoms. The summed E-state index contributed by atoms with van der Waals surface area (Å²) in [4.78, 5) is 14.4. The van der Waals surface area contributed by atoms with Crippen molar-refractivity contribution in [3.05, 3.63) is 0 Å². The summed E-state index contributed by atoms with van der Waals surface area (Å²) in [5.41, 5.74) is 5.26. The fraction of sp³-hybridized carbons (Fsp3) is 0.875. The first-order chi connectivity index (χ1) is 10.0. The molecule has 21 heavy (non-hydrogen) atoms. The van der Waals surface area contributed by atoms with Gasteiger partial charge in [0.1, 0.15) is 5.84 Å². The molecule has 2 rings (SSSR count). The lowest BCUT2D eigenvalue weighted by Gasteiger charge is -2.38. The number of piperidine rings is 1. The maximum atomic E-state index is 12.5. The molecular weight excluding hydrogens is 264 g/mol. The molecule has 0 unspecified atom stereocenters. The Morgan fingerprint density at radius 3 is 2.19 bits per heavy atom. The Hall–Kier alpha value is -1.26. The van der Waals surface area contributed by atoms with Crippen LogP contribution in [0.3, 0.4) is 0 Å². The molecule has 2 aliphatic rings. The van der Waals surface area contributed by atoms with Crippen LogP contribution in [0.2, 0.25) is 0 Å². The maximum Gasteiger partial charge on any atom is 0.318 e. The number of likely N-dealkylation sites (tertiary alicyclic amines) is 1. The Labute approximate surface area is 128 Å². The van der Waals surface area contributed by atoms with Gasteiger partial charge in [0.25, 0.3) is 0 Å². The maximum absolute atomic E-state index is 12.5. The first-order valence-corrected chi connectivity index (χ1v) is 8.45. The van der Waals surface area contributed by atoms with Gasteiger partial charge in [0.05, 0.1) is 5.54 Å². The molecule has 0 aromatic heterocycles. The van der Waals surface area contributed by atoms with Crippen molar-refractivity contribution >= 4 is 11.9 Å². The van der Waals surface area contributed by atoms with E-state index in [2.05, 4.69) is 12.2 Å². The molecule has 1 aliphatic heterocycles. The second-order valence-electron chi connectivity index (χ2n) is 6.86. The van der Waals surface area contributed by atoms with Crippen molar-refractivity contribution in [1.29, 1.82) is 5.41 Å². The first kappa shape index (κ1) is 16.1. The molecule has 120 valence electrons. The summed E-state index contributed by atoms with van der Waals surface area (Å²) in [7, 11) is 0. The molecule has 0 spiro atoms. The lowest BCUT2D eigenvalue weighted by atomic mass is 9.83. The molecule has 0 radical (unpaired) electrons. The second-order valence-corrected chi connectivity index (χ2v) is 6.86. The van der Waals surface area contributed by atoms with E-state index in [0.29, 0.717) is 5.92 Å². The van der Waals surface area contributed by atoms with Gasteiger partial charge in [0, 0.05) is 13.1 Å². The molecule has 1 saturated carbocycles. The van der Waals surface area contributed by atoms with Crippen LogP contribution >= 0.6 is 0 Å². The summed E-state index contributed by atoms with van der Waals surface area (Å²) < 4.78 is 0. The smallest absolute Gasteiger partial charge is 0.318 e. The standard InChI is InChI=1S/C16H30N4O/c1-13-7-11-20(12-8-13)15(21)19-16(14(17)18)9-5-3-2-4-6-10-16/h13H,2-12H2,1H3,(H3,17,18)(H,19,21). The van der Waals surface area contributed by atoms with Crippen LogP contribution in [0.25, 0.3) is 0 Å². The third-order valence-corrected chi connectivity index (χ3v) is 5.14. The van der Waals surface area contributed by atoms with E-state index < -0.39 is 5.54 Å².